The summed E-state index contributed by atoms with van der Waals surface area (Å²) in [6.45, 7) is 17.4. The molecule has 0 aliphatic heterocycles. The number of rotatable bonds is 6. The van der Waals surface area contributed by atoms with Gasteiger partial charge in [-0.05, 0) is 26.0 Å². The second kappa shape index (κ2) is 11.2. The number of hydrogen-bond donors (Lipinski definition) is 0. The first kappa shape index (κ1) is 30.2. The first-order valence-corrected chi connectivity index (χ1v) is 15.5. The minimum atomic E-state index is -0.0799. The minimum Gasteiger partial charge on any atom is -0.287 e. The number of quaternary nitrogens is 1. The molecule has 7 heteroatoms. The summed E-state index contributed by atoms with van der Waals surface area (Å²) in [6.07, 6.45) is 3.77. The average Bonchev–Trinajstić information content (AvgIpc) is 3.62. The third kappa shape index (κ3) is 5.27. The lowest BCUT2D eigenvalue weighted by Gasteiger charge is -2.35. The first-order chi connectivity index (χ1) is 21.4. The van der Waals surface area contributed by atoms with Crippen molar-refractivity contribution in [2.45, 2.75) is 66.2 Å². The van der Waals surface area contributed by atoms with E-state index in [0.717, 1.165) is 57.4 Å². The molecule has 2 aromatic carbocycles. The maximum Gasteiger partial charge on any atom is 0.246 e. The van der Waals surface area contributed by atoms with E-state index in [-0.39, 0.29) is 15.3 Å². The second-order valence-corrected chi connectivity index (χ2v) is 13.6. The molecule has 0 atom stereocenters. The maximum absolute atomic E-state index is 5.39. The first-order valence-electron chi connectivity index (χ1n) is 15.5. The topological polar surface area (TPSA) is 61.4 Å². The molecular weight excluding hydrogens is 554 g/mol. The van der Waals surface area contributed by atoms with Gasteiger partial charge in [0.05, 0.1) is 11.4 Å². The van der Waals surface area contributed by atoms with Gasteiger partial charge in [-0.1, -0.05) is 90.1 Å². The van der Waals surface area contributed by atoms with E-state index in [1.807, 2.05) is 36.9 Å². The highest BCUT2D eigenvalue weighted by Gasteiger charge is 2.42. The van der Waals surface area contributed by atoms with E-state index < -0.39 is 0 Å². The summed E-state index contributed by atoms with van der Waals surface area (Å²) in [5.74, 6) is 3.24. The van der Waals surface area contributed by atoms with E-state index in [1.165, 1.54) is 0 Å². The van der Waals surface area contributed by atoms with E-state index >= 15 is 0 Å². The fourth-order valence-electron chi connectivity index (χ4n) is 6.32. The van der Waals surface area contributed by atoms with Crippen molar-refractivity contribution in [2.24, 2.45) is 0 Å². The number of aromatic nitrogens is 6. The fraction of sp³-hybridized carbons (Fsp3) is 0.263. The normalized spacial score (nSPS) is 12.4. The van der Waals surface area contributed by atoms with Crippen LogP contribution in [0.5, 0.6) is 0 Å². The van der Waals surface area contributed by atoms with Gasteiger partial charge < -0.3 is 0 Å². The van der Waals surface area contributed by atoms with Gasteiger partial charge in [-0.15, -0.1) is 0 Å². The minimum absolute atomic E-state index is 0.0799. The van der Waals surface area contributed by atoms with Crippen molar-refractivity contribution >= 4 is 23.0 Å². The molecule has 6 rings (SSSR count). The summed E-state index contributed by atoms with van der Waals surface area (Å²) in [5, 5.41) is 0. The summed E-state index contributed by atoms with van der Waals surface area (Å²) in [7, 11) is 0. The molecule has 6 aromatic rings. The van der Waals surface area contributed by atoms with Gasteiger partial charge in [0.15, 0.2) is 11.4 Å². The summed E-state index contributed by atoms with van der Waals surface area (Å²) >= 11 is 0. The lowest BCUT2D eigenvalue weighted by atomic mass is 9.91. The van der Waals surface area contributed by atoms with Crippen LogP contribution in [0.4, 0.5) is 23.0 Å². The smallest absolute Gasteiger partial charge is 0.246 e. The van der Waals surface area contributed by atoms with Crippen LogP contribution in [0.15, 0.2) is 110 Å². The van der Waals surface area contributed by atoms with Crippen molar-refractivity contribution in [2.75, 3.05) is 0 Å². The van der Waals surface area contributed by atoms with Crippen LogP contribution in [0.3, 0.4) is 0 Å². The van der Waals surface area contributed by atoms with Crippen molar-refractivity contribution in [1.29, 1.82) is 0 Å². The van der Waals surface area contributed by atoms with E-state index in [0.29, 0.717) is 0 Å². The highest BCUT2D eigenvalue weighted by Crippen LogP contribution is 2.50. The second-order valence-electron chi connectivity index (χ2n) is 13.6. The summed E-state index contributed by atoms with van der Waals surface area (Å²) < 4.78 is 4.35. The highest BCUT2D eigenvalue weighted by atomic mass is 15.4. The van der Waals surface area contributed by atoms with Crippen LogP contribution >= 0.6 is 0 Å². The molecule has 0 bridgehead atoms. The van der Waals surface area contributed by atoms with Gasteiger partial charge in [0.1, 0.15) is 24.3 Å². The summed E-state index contributed by atoms with van der Waals surface area (Å²) in [4.78, 5) is 20.4. The number of benzene rings is 2. The van der Waals surface area contributed by atoms with Crippen LogP contribution in [0, 0.1) is 13.8 Å². The zero-order valence-corrected chi connectivity index (χ0v) is 27.5. The molecule has 45 heavy (non-hydrogen) atoms. The number of nitrogens with zero attached hydrogens (tertiary/aromatic N) is 7. The van der Waals surface area contributed by atoms with Crippen LogP contribution in [0.25, 0.3) is 11.6 Å². The van der Waals surface area contributed by atoms with E-state index in [4.69, 9.17) is 19.9 Å². The molecule has 0 aliphatic rings. The van der Waals surface area contributed by atoms with Crippen LogP contribution in [-0.2, 0) is 10.8 Å². The molecule has 0 spiro atoms. The average molecular weight is 597 g/mol. The molecule has 4 heterocycles. The quantitative estimate of drug-likeness (QED) is 0.180. The molecule has 0 fully saturated rings. The van der Waals surface area contributed by atoms with Crippen LogP contribution in [0.1, 0.15) is 64.3 Å². The number of pyridine rings is 2. The van der Waals surface area contributed by atoms with Crippen molar-refractivity contribution < 1.29 is 0 Å². The molecule has 0 saturated heterocycles. The number of imidazole rings is 2. The van der Waals surface area contributed by atoms with Gasteiger partial charge in [-0.2, -0.15) is 14.5 Å². The Morgan fingerprint density at radius 1 is 0.489 bits per heavy atom. The number of hydrogen-bond acceptors (Lipinski definition) is 4. The van der Waals surface area contributed by atoms with E-state index in [2.05, 4.69) is 137 Å². The van der Waals surface area contributed by atoms with Gasteiger partial charge in [-0.3, -0.25) is 9.13 Å². The van der Waals surface area contributed by atoms with Crippen molar-refractivity contribution in [3.8, 4) is 11.6 Å². The molecule has 0 saturated carbocycles. The Kier molecular flexibility index (Phi) is 7.53. The molecule has 0 radical (unpaired) electrons. The predicted molar refractivity (Wildman–Crippen MR) is 183 cm³/mol. The zero-order valence-electron chi connectivity index (χ0n) is 27.5. The van der Waals surface area contributed by atoms with Gasteiger partial charge in [0.2, 0.25) is 11.6 Å². The van der Waals surface area contributed by atoms with Gasteiger partial charge >= 0.3 is 0 Å². The van der Waals surface area contributed by atoms with Gasteiger partial charge in [0.25, 0.3) is 0 Å². The SMILES string of the molecule is Cc1c(C(C)(C)C)ncn1-c1cccc([N+](c2ccccc2)(c2ccccc2)c2cccc(-n3cnc(C(C)(C)C)c3C)n2)n1. The summed E-state index contributed by atoms with van der Waals surface area (Å²) in [5.41, 5.74) is 6.15. The third-order valence-corrected chi connectivity index (χ3v) is 8.34. The van der Waals surface area contributed by atoms with Crippen LogP contribution in [-0.4, -0.2) is 29.1 Å². The van der Waals surface area contributed by atoms with Crippen molar-refractivity contribution in [1.82, 2.24) is 33.6 Å². The van der Waals surface area contributed by atoms with Crippen molar-refractivity contribution in [3.05, 3.63) is 132 Å². The van der Waals surface area contributed by atoms with Crippen molar-refractivity contribution in [3.63, 3.8) is 0 Å². The van der Waals surface area contributed by atoms with Crippen LogP contribution < -0.4 is 4.48 Å². The zero-order chi connectivity index (χ0) is 32.0. The van der Waals surface area contributed by atoms with Gasteiger partial charge in [0, 0.05) is 58.6 Å². The lowest BCUT2D eigenvalue weighted by molar-refractivity contribution is 0.567. The predicted octanol–water partition coefficient (Wildman–Crippen LogP) is 9.36. The molecular formula is C38H42N7+. The Hall–Kier alpha value is -4.88. The third-order valence-electron chi connectivity index (χ3n) is 8.34. The monoisotopic (exact) mass is 596 g/mol. The molecule has 7 nitrogen and oxygen atoms in total. The largest absolute Gasteiger partial charge is 0.287 e. The molecule has 0 N–H and O–H groups in total. The molecule has 4 aromatic heterocycles. The Morgan fingerprint density at radius 3 is 1.20 bits per heavy atom. The number of para-hydroxylation sites is 2. The van der Waals surface area contributed by atoms with E-state index in [9.17, 15) is 0 Å². The van der Waals surface area contributed by atoms with Gasteiger partial charge in [-0.25, -0.2) is 9.97 Å². The standard InChI is InChI=1S/C38H42N7/c1-27-35(37(3,4)5)39-25-43(27)31-21-15-23-33(41-31)45(29-17-11-9-12-18-29,30-19-13-10-14-20-30)34-24-16-22-32(42-34)44-26-40-36(28(44)2)38(6,7)8/h9-26H,1-8H3/q+1. The van der Waals surface area contributed by atoms with Crippen LogP contribution in [0.2, 0.25) is 0 Å². The molecule has 0 amide bonds. The van der Waals surface area contributed by atoms with E-state index in [1.54, 1.807) is 0 Å². The molecule has 0 aliphatic carbocycles. The Morgan fingerprint density at radius 2 is 0.867 bits per heavy atom. The lowest BCUT2D eigenvalue weighted by Crippen LogP contribution is -2.35. The maximum atomic E-state index is 5.39. The Labute approximate surface area is 266 Å². The highest BCUT2D eigenvalue weighted by molar-refractivity contribution is 5.78. The molecule has 0 unspecified atom stereocenters. The Balaban J connectivity index is 1.64. The summed E-state index contributed by atoms with van der Waals surface area (Å²) in [6, 6.07) is 33.4. The Bertz CT molecular complexity index is 1790. The fourth-order valence-corrected chi connectivity index (χ4v) is 6.32. The molecule has 228 valence electrons.